The number of piperidine rings is 1. The van der Waals surface area contributed by atoms with Gasteiger partial charge >= 0.3 is 5.97 Å². The van der Waals surface area contributed by atoms with Crippen molar-refractivity contribution in [2.75, 3.05) is 13.1 Å². The van der Waals surface area contributed by atoms with Crippen LogP contribution in [0.15, 0.2) is 0 Å². The lowest BCUT2D eigenvalue weighted by Gasteiger charge is -2.28. The van der Waals surface area contributed by atoms with Crippen molar-refractivity contribution in [2.24, 2.45) is 0 Å². The summed E-state index contributed by atoms with van der Waals surface area (Å²) in [7, 11) is 0. The molecule has 1 aromatic rings. The van der Waals surface area contributed by atoms with Crippen molar-refractivity contribution in [1.29, 1.82) is 0 Å². The van der Waals surface area contributed by atoms with Crippen LogP contribution in [-0.2, 0) is 0 Å². The molecule has 110 valence electrons. The van der Waals surface area contributed by atoms with E-state index in [-0.39, 0.29) is 11.6 Å². The van der Waals surface area contributed by atoms with Crippen molar-refractivity contribution in [3.05, 3.63) is 11.4 Å². The van der Waals surface area contributed by atoms with E-state index in [1.165, 1.54) is 19.3 Å². The Hall–Kier alpha value is -1.43. The largest absolute Gasteiger partial charge is 0.476 e. The summed E-state index contributed by atoms with van der Waals surface area (Å²) in [5.41, 5.74) is 1.04. The first-order valence-corrected chi connectivity index (χ1v) is 7.66. The summed E-state index contributed by atoms with van der Waals surface area (Å²) in [6, 6.07) is 0.342. The molecule has 2 aliphatic rings. The third-order valence-corrected chi connectivity index (χ3v) is 4.58. The maximum absolute atomic E-state index is 11.4. The molecule has 0 atom stereocenters. The summed E-state index contributed by atoms with van der Waals surface area (Å²) >= 11 is 0. The molecule has 0 unspecified atom stereocenters. The zero-order chi connectivity index (χ0) is 13.9. The Kier molecular flexibility index (Phi) is 4.00. The SMILES string of the molecule is O=C(O)c1nnn(C2CCCCC2)c1C1CCNCC1. The Balaban J connectivity index is 1.94. The summed E-state index contributed by atoms with van der Waals surface area (Å²) in [6.07, 6.45) is 7.83. The summed E-state index contributed by atoms with van der Waals surface area (Å²) in [5.74, 6) is -0.667. The van der Waals surface area contributed by atoms with E-state index >= 15 is 0 Å². The fourth-order valence-corrected chi connectivity index (χ4v) is 3.52. The Morgan fingerprint density at radius 3 is 2.50 bits per heavy atom. The second kappa shape index (κ2) is 5.91. The van der Waals surface area contributed by atoms with E-state index in [1.54, 1.807) is 0 Å². The normalized spacial score (nSPS) is 22.0. The molecule has 1 aromatic heterocycles. The van der Waals surface area contributed by atoms with E-state index < -0.39 is 5.97 Å². The lowest BCUT2D eigenvalue weighted by atomic mass is 9.90. The second-order valence-corrected chi connectivity index (χ2v) is 5.89. The minimum absolute atomic E-state index is 0.169. The quantitative estimate of drug-likeness (QED) is 0.883. The molecule has 1 aliphatic carbocycles. The first kappa shape index (κ1) is 13.5. The van der Waals surface area contributed by atoms with E-state index in [0.29, 0.717) is 6.04 Å². The van der Waals surface area contributed by atoms with Crippen molar-refractivity contribution in [3.63, 3.8) is 0 Å². The minimum Gasteiger partial charge on any atom is -0.476 e. The fourth-order valence-electron chi connectivity index (χ4n) is 3.52. The number of aromatic nitrogens is 3. The number of nitrogens with zero attached hydrogens (tertiary/aromatic N) is 3. The molecule has 0 amide bonds. The lowest BCUT2D eigenvalue weighted by molar-refractivity contribution is 0.0688. The molecule has 0 aromatic carbocycles. The summed E-state index contributed by atoms with van der Waals surface area (Å²) in [6.45, 7) is 1.89. The Labute approximate surface area is 118 Å². The molecular formula is C14H22N4O2. The topological polar surface area (TPSA) is 80.0 Å². The van der Waals surface area contributed by atoms with Crippen molar-refractivity contribution in [3.8, 4) is 0 Å². The van der Waals surface area contributed by atoms with E-state index in [1.807, 2.05) is 4.68 Å². The Bertz CT molecular complexity index is 474. The van der Waals surface area contributed by atoms with Crippen molar-refractivity contribution < 1.29 is 9.90 Å². The van der Waals surface area contributed by atoms with Gasteiger partial charge in [-0.2, -0.15) is 0 Å². The Morgan fingerprint density at radius 1 is 1.15 bits per heavy atom. The number of nitrogens with one attached hydrogen (secondary N) is 1. The maximum Gasteiger partial charge on any atom is 0.358 e. The van der Waals surface area contributed by atoms with E-state index in [2.05, 4.69) is 15.6 Å². The molecule has 1 aliphatic heterocycles. The molecule has 3 rings (SSSR count). The standard InChI is InChI=1S/C14H22N4O2/c19-14(20)12-13(10-6-8-15-9-7-10)18(17-16-12)11-4-2-1-3-5-11/h10-11,15H,1-9H2,(H,19,20). The molecule has 6 heteroatoms. The van der Waals surface area contributed by atoms with Crippen LogP contribution >= 0.6 is 0 Å². The first-order chi connectivity index (χ1) is 9.77. The number of rotatable bonds is 3. The van der Waals surface area contributed by atoms with Crippen LogP contribution in [0.5, 0.6) is 0 Å². The van der Waals surface area contributed by atoms with Crippen molar-refractivity contribution in [1.82, 2.24) is 20.3 Å². The van der Waals surface area contributed by atoms with Crippen LogP contribution in [0.25, 0.3) is 0 Å². The van der Waals surface area contributed by atoms with Gasteiger partial charge < -0.3 is 10.4 Å². The van der Waals surface area contributed by atoms with Gasteiger partial charge in [0.2, 0.25) is 0 Å². The van der Waals surface area contributed by atoms with Gasteiger partial charge in [-0.1, -0.05) is 24.5 Å². The monoisotopic (exact) mass is 278 g/mol. The van der Waals surface area contributed by atoms with Crippen LogP contribution in [0.1, 0.15) is 73.1 Å². The third kappa shape index (κ3) is 2.57. The average molecular weight is 278 g/mol. The van der Waals surface area contributed by atoms with Gasteiger partial charge in [-0.15, -0.1) is 5.10 Å². The van der Waals surface area contributed by atoms with Crippen LogP contribution in [0.4, 0.5) is 0 Å². The number of hydrogen-bond acceptors (Lipinski definition) is 4. The molecule has 2 N–H and O–H groups in total. The number of hydrogen-bond donors (Lipinski definition) is 2. The van der Waals surface area contributed by atoms with Crippen LogP contribution < -0.4 is 5.32 Å². The van der Waals surface area contributed by atoms with Crippen molar-refractivity contribution >= 4 is 5.97 Å². The predicted octanol–water partition coefficient (Wildman–Crippen LogP) is 1.95. The number of aromatic carboxylic acids is 1. The number of carbonyl (C=O) groups is 1. The highest BCUT2D eigenvalue weighted by molar-refractivity contribution is 5.86. The number of carboxylic acids is 1. The van der Waals surface area contributed by atoms with Crippen LogP contribution in [0.3, 0.4) is 0 Å². The summed E-state index contributed by atoms with van der Waals surface area (Å²) in [4.78, 5) is 11.4. The molecule has 1 saturated carbocycles. The molecule has 20 heavy (non-hydrogen) atoms. The van der Waals surface area contributed by atoms with Gasteiger partial charge in [-0.25, -0.2) is 9.48 Å². The average Bonchev–Trinajstić information content (AvgIpc) is 2.94. The minimum atomic E-state index is -0.944. The summed E-state index contributed by atoms with van der Waals surface area (Å²) < 4.78 is 1.94. The smallest absolute Gasteiger partial charge is 0.358 e. The first-order valence-electron chi connectivity index (χ1n) is 7.66. The fraction of sp³-hybridized carbons (Fsp3) is 0.786. The second-order valence-electron chi connectivity index (χ2n) is 5.89. The van der Waals surface area contributed by atoms with Gasteiger partial charge in [0.25, 0.3) is 0 Å². The van der Waals surface area contributed by atoms with Crippen LogP contribution in [0.2, 0.25) is 0 Å². The van der Waals surface area contributed by atoms with Crippen LogP contribution in [0, 0.1) is 0 Å². The number of carboxylic acid groups (broad SMARTS) is 1. The van der Waals surface area contributed by atoms with Gasteiger partial charge in [0.15, 0.2) is 5.69 Å². The molecular weight excluding hydrogens is 256 g/mol. The summed E-state index contributed by atoms with van der Waals surface area (Å²) in [5, 5.41) is 20.9. The van der Waals surface area contributed by atoms with E-state index in [4.69, 9.17) is 0 Å². The molecule has 1 saturated heterocycles. The lowest BCUT2D eigenvalue weighted by Crippen LogP contribution is -2.29. The highest BCUT2D eigenvalue weighted by atomic mass is 16.4. The molecule has 2 heterocycles. The van der Waals surface area contributed by atoms with Crippen LogP contribution in [-0.4, -0.2) is 39.2 Å². The third-order valence-electron chi connectivity index (χ3n) is 4.58. The van der Waals surface area contributed by atoms with Gasteiger partial charge in [-0.05, 0) is 38.8 Å². The molecule has 0 radical (unpaired) electrons. The highest BCUT2D eigenvalue weighted by Gasteiger charge is 2.30. The predicted molar refractivity (Wildman–Crippen MR) is 73.9 cm³/mol. The van der Waals surface area contributed by atoms with Gasteiger partial charge in [0, 0.05) is 5.92 Å². The van der Waals surface area contributed by atoms with E-state index in [9.17, 15) is 9.90 Å². The zero-order valence-corrected chi connectivity index (χ0v) is 11.7. The van der Waals surface area contributed by atoms with E-state index in [0.717, 1.165) is 44.5 Å². The van der Waals surface area contributed by atoms with Crippen molar-refractivity contribution in [2.45, 2.75) is 56.9 Å². The molecule has 2 fully saturated rings. The van der Waals surface area contributed by atoms with Gasteiger partial charge in [0.05, 0.1) is 11.7 Å². The highest BCUT2D eigenvalue weighted by Crippen LogP contribution is 2.34. The molecule has 0 bridgehead atoms. The molecule has 0 spiro atoms. The molecule has 6 nitrogen and oxygen atoms in total. The maximum atomic E-state index is 11.4. The van der Waals surface area contributed by atoms with Gasteiger partial charge in [0.1, 0.15) is 0 Å². The zero-order valence-electron chi connectivity index (χ0n) is 11.7. The Morgan fingerprint density at radius 2 is 1.85 bits per heavy atom. The van der Waals surface area contributed by atoms with Gasteiger partial charge in [-0.3, -0.25) is 0 Å².